The molecule has 2 N–H and O–H groups in total. The third kappa shape index (κ3) is 4.50. The number of thioether (sulfide) groups is 1. The summed E-state index contributed by atoms with van der Waals surface area (Å²) >= 11 is 1.69. The number of hydrogen-bond donors (Lipinski definition) is 2. The Morgan fingerprint density at radius 3 is 3.14 bits per heavy atom. The Morgan fingerprint density at radius 2 is 2.50 bits per heavy atom. The Morgan fingerprint density at radius 1 is 1.64 bits per heavy atom. The van der Waals surface area contributed by atoms with Gasteiger partial charge in [0.05, 0.1) is 6.54 Å². The summed E-state index contributed by atoms with van der Waals surface area (Å²) in [5.41, 5.74) is 0. The van der Waals surface area contributed by atoms with Crippen molar-refractivity contribution in [1.29, 1.82) is 0 Å². The third-order valence-electron chi connectivity index (χ3n) is 1.77. The number of amidine groups is 1. The molecular formula is C9H17N3OS. The van der Waals surface area contributed by atoms with Crippen LogP contribution in [0.15, 0.2) is 4.99 Å². The zero-order chi connectivity index (χ0) is 10.2. The van der Waals surface area contributed by atoms with E-state index in [-0.39, 0.29) is 5.91 Å². The van der Waals surface area contributed by atoms with Crippen LogP contribution in [0.4, 0.5) is 0 Å². The molecule has 5 heteroatoms. The van der Waals surface area contributed by atoms with E-state index in [1.54, 1.807) is 11.8 Å². The van der Waals surface area contributed by atoms with Crippen LogP contribution in [0.25, 0.3) is 0 Å². The van der Waals surface area contributed by atoms with Crippen LogP contribution in [0.2, 0.25) is 0 Å². The second-order valence-electron chi connectivity index (χ2n) is 3.09. The fourth-order valence-corrected chi connectivity index (χ4v) is 1.87. The maximum absolute atomic E-state index is 11.2. The predicted molar refractivity (Wildman–Crippen MR) is 60.7 cm³/mol. The minimum absolute atomic E-state index is 0.0423. The Balaban J connectivity index is 2.12. The van der Waals surface area contributed by atoms with Gasteiger partial charge in [-0.2, -0.15) is 0 Å². The van der Waals surface area contributed by atoms with Crippen molar-refractivity contribution in [2.75, 3.05) is 25.4 Å². The molecule has 0 saturated carbocycles. The lowest BCUT2D eigenvalue weighted by Crippen LogP contribution is -2.36. The molecular weight excluding hydrogens is 198 g/mol. The molecule has 1 amide bonds. The first-order valence-corrected chi connectivity index (χ1v) is 5.99. The normalized spacial score (nSPS) is 15.9. The van der Waals surface area contributed by atoms with Gasteiger partial charge in [0, 0.05) is 18.8 Å². The summed E-state index contributed by atoms with van der Waals surface area (Å²) in [6, 6.07) is 0. The van der Waals surface area contributed by atoms with Crippen LogP contribution in [0.1, 0.15) is 19.8 Å². The standard InChI is InChI=1S/C9H17N3OS/c1-2-4-10-8(13)7-12-9-11-5-3-6-14-9/h2-7H2,1H3,(H,10,13)(H,11,12). The minimum Gasteiger partial charge on any atom is -0.356 e. The third-order valence-corrected chi connectivity index (χ3v) is 2.81. The second kappa shape index (κ2) is 6.70. The van der Waals surface area contributed by atoms with Gasteiger partial charge in [0.15, 0.2) is 5.17 Å². The predicted octanol–water partition coefficient (Wildman–Crippen LogP) is 0.595. The quantitative estimate of drug-likeness (QED) is 0.722. The van der Waals surface area contributed by atoms with Crippen LogP contribution in [-0.4, -0.2) is 36.5 Å². The first-order valence-electron chi connectivity index (χ1n) is 5.00. The van der Waals surface area contributed by atoms with Crippen molar-refractivity contribution in [3.8, 4) is 0 Å². The Kier molecular flexibility index (Phi) is 5.44. The lowest BCUT2D eigenvalue weighted by Gasteiger charge is -2.12. The number of carbonyl (C=O) groups excluding carboxylic acids is 1. The summed E-state index contributed by atoms with van der Waals surface area (Å²) in [7, 11) is 0. The second-order valence-corrected chi connectivity index (χ2v) is 4.18. The molecule has 80 valence electrons. The van der Waals surface area contributed by atoms with Gasteiger partial charge in [-0.05, 0) is 12.8 Å². The molecule has 0 aromatic heterocycles. The fraction of sp³-hybridized carbons (Fsp3) is 0.778. The van der Waals surface area contributed by atoms with Crippen molar-refractivity contribution < 1.29 is 4.79 Å². The number of aliphatic imine (C=N–C) groups is 1. The molecule has 0 fully saturated rings. The van der Waals surface area contributed by atoms with Gasteiger partial charge >= 0.3 is 0 Å². The molecule has 1 aliphatic heterocycles. The summed E-state index contributed by atoms with van der Waals surface area (Å²) in [4.78, 5) is 15.5. The van der Waals surface area contributed by atoms with Gasteiger partial charge in [0.25, 0.3) is 0 Å². The first-order chi connectivity index (χ1) is 6.83. The number of carbonyl (C=O) groups is 1. The average molecular weight is 215 g/mol. The highest BCUT2D eigenvalue weighted by Crippen LogP contribution is 2.09. The Bertz CT molecular complexity index is 218. The molecule has 4 nitrogen and oxygen atoms in total. The maximum atomic E-state index is 11.2. The lowest BCUT2D eigenvalue weighted by atomic mass is 10.4. The zero-order valence-electron chi connectivity index (χ0n) is 8.51. The van der Waals surface area contributed by atoms with E-state index in [0.29, 0.717) is 6.54 Å². The largest absolute Gasteiger partial charge is 0.356 e. The zero-order valence-corrected chi connectivity index (χ0v) is 9.32. The molecule has 1 heterocycles. The van der Waals surface area contributed by atoms with Crippen molar-refractivity contribution in [2.24, 2.45) is 4.99 Å². The van der Waals surface area contributed by atoms with E-state index in [4.69, 9.17) is 0 Å². The summed E-state index contributed by atoms with van der Waals surface area (Å²) < 4.78 is 0. The van der Waals surface area contributed by atoms with Crippen LogP contribution >= 0.6 is 11.8 Å². The summed E-state index contributed by atoms with van der Waals surface area (Å²) in [6.45, 7) is 4.01. The van der Waals surface area contributed by atoms with Crippen LogP contribution in [-0.2, 0) is 4.79 Å². The van der Waals surface area contributed by atoms with E-state index < -0.39 is 0 Å². The number of amides is 1. The molecule has 1 aliphatic rings. The van der Waals surface area contributed by atoms with Crippen molar-refractivity contribution in [1.82, 2.24) is 10.6 Å². The fourth-order valence-electron chi connectivity index (χ4n) is 1.05. The number of rotatable bonds is 4. The summed E-state index contributed by atoms with van der Waals surface area (Å²) in [6.07, 6.45) is 2.11. The summed E-state index contributed by atoms with van der Waals surface area (Å²) in [5, 5.41) is 6.74. The maximum Gasteiger partial charge on any atom is 0.239 e. The Hall–Kier alpha value is -0.710. The Labute approximate surface area is 88.9 Å². The number of hydrogen-bond acceptors (Lipinski definition) is 4. The van der Waals surface area contributed by atoms with Crippen molar-refractivity contribution in [3.63, 3.8) is 0 Å². The van der Waals surface area contributed by atoms with Crippen LogP contribution in [0.5, 0.6) is 0 Å². The van der Waals surface area contributed by atoms with E-state index in [1.165, 1.54) is 0 Å². The van der Waals surface area contributed by atoms with Gasteiger partial charge in [-0.25, -0.2) is 0 Å². The topological polar surface area (TPSA) is 53.5 Å². The monoisotopic (exact) mass is 215 g/mol. The van der Waals surface area contributed by atoms with Crippen LogP contribution < -0.4 is 10.6 Å². The lowest BCUT2D eigenvalue weighted by molar-refractivity contribution is -0.119. The number of nitrogens with one attached hydrogen (secondary N) is 2. The molecule has 0 unspecified atom stereocenters. The molecule has 0 radical (unpaired) electrons. The first kappa shape index (κ1) is 11.4. The van der Waals surface area contributed by atoms with Gasteiger partial charge in [-0.3, -0.25) is 9.79 Å². The molecule has 0 atom stereocenters. The highest BCUT2D eigenvalue weighted by molar-refractivity contribution is 8.13. The van der Waals surface area contributed by atoms with Gasteiger partial charge in [-0.15, -0.1) is 0 Å². The molecule has 0 aromatic carbocycles. The van der Waals surface area contributed by atoms with Crippen molar-refractivity contribution in [2.45, 2.75) is 19.8 Å². The molecule has 0 bridgehead atoms. The van der Waals surface area contributed by atoms with Gasteiger partial charge in [0.2, 0.25) is 5.91 Å². The minimum atomic E-state index is 0.0423. The van der Waals surface area contributed by atoms with Crippen LogP contribution in [0.3, 0.4) is 0 Å². The molecule has 0 saturated heterocycles. The average Bonchev–Trinajstić information content (AvgIpc) is 2.25. The van der Waals surface area contributed by atoms with Gasteiger partial charge in [0.1, 0.15) is 0 Å². The molecule has 0 aromatic rings. The molecule has 14 heavy (non-hydrogen) atoms. The number of nitrogens with zero attached hydrogens (tertiary/aromatic N) is 1. The van der Waals surface area contributed by atoms with E-state index in [0.717, 1.165) is 36.9 Å². The van der Waals surface area contributed by atoms with E-state index in [1.807, 2.05) is 6.92 Å². The van der Waals surface area contributed by atoms with Crippen molar-refractivity contribution >= 4 is 22.8 Å². The van der Waals surface area contributed by atoms with Gasteiger partial charge < -0.3 is 10.6 Å². The van der Waals surface area contributed by atoms with E-state index in [2.05, 4.69) is 15.6 Å². The van der Waals surface area contributed by atoms with Crippen molar-refractivity contribution in [3.05, 3.63) is 0 Å². The van der Waals surface area contributed by atoms with Crippen LogP contribution in [0, 0.1) is 0 Å². The van der Waals surface area contributed by atoms with E-state index in [9.17, 15) is 4.79 Å². The van der Waals surface area contributed by atoms with Gasteiger partial charge in [-0.1, -0.05) is 18.7 Å². The smallest absolute Gasteiger partial charge is 0.239 e. The highest BCUT2D eigenvalue weighted by Gasteiger charge is 2.06. The molecule has 0 aliphatic carbocycles. The molecule has 1 rings (SSSR count). The van der Waals surface area contributed by atoms with E-state index >= 15 is 0 Å². The molecule has 0 spiro atoms. The highest BCUT2D eigenvalue weighted by atomic mass is 32.2. The SMILES string of the molecule is CCCNC(=O)CNC1=NCCCS1. The summed E-state index contributed by atoms with van der Waals surface area (Å²) in [5.74, 6) is 1.14.